The van der Waals surface area contributed by atoms with Gasteiger partial charge in [0.05, 0.1) is 4.58 Å². The van der Waals surface area contributed by atoms with E-state index in [2.05, 4.69) is 0 Å². The molecule has 0 N–H and O–H groups in total. The van der Waals surface area contributed by atoms with Crippen LogP contribution in [0.4, 0.5) is 26.3 Å². The molecule has 0 aromatic rings. The monoisotopic (exact) mass is 258 g/mol. The number of hydrogen-bond acceptors (Lipinski definition) is 2. The quantitative estimate of drug-likeness (QED) is 0.533. The van der Waals surface area contributed by atoms with E-state index in [1.54, 1.807) is 6.92 Å². The van der Waals surface area contributed by atoms with Crippen LogP contribution in [0, 0.1) is 0 Å². The number of hydrogen-bond donors (Lipinski definition) is 0. The Morgan fingerprint density at radius 3 is 1.50 bits per heavy atom. The third-order valence-electron chi connectivity index (χ3n) is 1.05. The van der Waals surface area contributed by atoms with E-state index in [0.29, 0.717) is 0 Å². The van der Waals surface area contributed by atoms with Gasteiger partial charge in [0.15, 0.2) is 0 Å². The van der Waals surface area contributed by atoms with Crippen LogP contribution in [0.1, 0.15) is 19.8 Å². The van der Waals surface area contributed by atoms with Crippen molar-refractivity contribution in [2.24, 2.45) is 0 Å². The van der Waals surface area contributed by atoms with Gasteiger partial charge in [-0.3, -0.25) is 0 Å². The number of rotatable bonds is 4. The molecule has 0 aromatic carbocycles. The highest BCUT2D eigenvalue weighted by Crippen LogP contribution is 2.46. The molecule has 86 valence electrons. The second-order valence-electron chi connectivity index (χ2n) is 2.35. The van der Waals surface area contributed by atoms with E-state index in [-0.39, 0.29) is 12.8 Å². The molecule has 0 nitrogen and oxygen atoms in total. The molecule has 0 atom stereocenters. The Balaban J connectivity index is 4.16. The van der Waals surface area contributed by atoms with Gasteiger partial charge in [0.2, 0.25) is 0 Å². The van der Waals surface area contributed by atoms with Crippen molar-refractivity contribution >= 4 is 23.5 Å². The molecule has 0 rings (SSSR count). The normalized spacial score (nSPS) is 13.7. The molecule has 0 radical (unpaired) electrons. The maximum atomic E-state index is 11.8. The minimum atomic E-state index is -4.61. The van der Waals surface area contributed by atoms with Gasteiger partial charge in [0, 0.05) is 0 Å². The average Bonchev–Trinajstić information content (AvgIpc) is 1.78. The molecular formula is C6H8F6S2. The number of thioether (sulfide) groups is 2. The number of alkyl halides is 6. The molecule has 0 spiro atoms. The van der Waals surface area contributed by atoms with E-state index < -0.39 is 39.1 Å². The van der Waals surface area contributed by atoms with Gasteiger partial charge in [-0.1, -0.05) is 13.3 Å². The van der Waals surface area contributed by atoms with Gasteiger partial charge < -0.3 is 0 Å². The highest BCUT2D eigenvalue weighted by molar-refractivity contribution is 8.17. The lowest BCUT2D eigenvalue weighted by Gasteiger charge is -2.17. The highest BCUT2D eigenvalue weighted by atomic mass is 32.2. The lowest BCUT2D eigenvalue weighted by atomic mass is 10.4. The molecule has 0 bridgehead atoms. The van der Waals surface area contributed by atoms with E-state index in [1.165, 1.54) is 0 Å². The lowest BCUT2D eigenvalue weighted by molar-refractivity contribution is -0.0346. The minimum absolute atomic E-state index is 0.117. The maximum Gasteiger partial charge on any atom is 0.442 e. The van der Waals surface area contributed by atoms with Gasteiger partial charge in [-0.05, 0) is 29.9 Å². The summed E-state index contributed by atoms with van der Waals surface area (Å²) in [5.41, 5.74) is -9.23. The van der Waals surface area contributed by atoms with Crippen molar-refractivity contribution < 1.29 is 26.3 Å². The Morgan fingerprint density at radius 2 is 1.29 bits per heavy atom. The van der Waals surface area contributed by atoms with Crippen LogP contribution in [0.5, 0.6) is 0 Å². The Kier molecular flexibility index (Phi) is 5.50. The zero-order valence-corrected chi connectivity index (χ0v) is 8.71. The van der Waals surface area contributed by atoms with Gasteiger partial charge in [0.25, 0.3) is 0 Å². The molecule has 14 heavy (non-hydrogen) atoms. The van der Waals surface area contributed by atoms with Crippen molar-refractivity contribution in [1.29, 1.82) is 0 Å². The molecular weight excluding hydrogens is 250 g/mol. The molecule has 0 saturated heterocycles. The number of halogens is 6. The van der Waals surface area contributed by atoms with Gasteiger partial charge >= 0.3 is 11.0 Å². The van der Waals surface area contributed by atoms with E-state index >= 15 is 0 Å². The standard InChI is InChI=1S/C6H8F6S2/c1-2-3-4(13-5(7,8)9)14-6(10,11)12/h4H,2-3H2,1H3. The summed E-state index contributed by atoms with van der Waals surface area (Å²) in [6.07, 6.45) is 0.172. The topological polar surface area (TPSA) is 0 Å². The Hall–Kier alpha value is 0.280. The second-order valence-corrected chi connectivity index (χ2v) is 5.18. The van der Waals surface area contributed by atoms with Crippen LogP contribution < -0.4 is 0 Å². The molecule has 0 aliphatic rings. The zero-order valence-electron chi connectivity index (χ0n) is 7.08. The summed E-state index contributed by atoms with van der Waals surface area (Å²) in [7, 11) is 0. The smallest absolute Gasteiger partial charge is 0.160 e. The minimum Gasteiger partial charge on any atom is -0.160 e. The fraction of sp³-hybridized carbons (Fsp3) is 1.00. The van der Waals surface area contributed by atoms with Crippen LogP contribution in [0.2, 0.25) is 0 Å². The molecule has 0 unspecified atom stereocenters. The molecule has 0 heterocycles. The Labute approximate surface area is 85.8 Å². The predicted molar refractivity (Wildman–Crippen MR) is 46.0 cm³/mol. The molecule has 0 amide bonds. The maximum absolute atomic E-state index is 11.8. The van der Waals surface area contributed by atoms with Crippen LogP contribution in [0.3, 0.4) is 0 Å². The third kappa shape index (κ3) is 8.86. The molecule has 0 aromatic heterocycles. The molecule has 0 fully saturated rings. The first-order chi connectivity index (χ1) is 6.14. The summed E-state index contributed by atoms with van der Waals surface area (Å²) < 4.78 is 69.2. The van der Waals surface area contributed by atoms with Crippen LogP contribution in [0.25, 0.3) is 0 Å². The van der Waals surface area contributed by atoms with E-state index in [1.807, 2.05) is 0 Å². The van der Waals surface area contributed by atoms with Crippen molar-refractivity contribution in [2.75, 3.05) is 0 Å². The molecule has 0 aliphatic heterocycles. The van der Waals surface area contributed by atoms with Crippen molar-refractivity contribution in [3.05, 3.63) is 0 Å². The van der Waals surface area contributed by atoms with E-state index in [0.717, 1.165) is 0 Å². The first-order valence-electron chi connectivity index (χ1n) is 3.63. The van der Waals surface area contributed by atoms with E-state index in [4.69, 9.17) is 0 Å². The fourth-order valence-electron chi connectivity index (χ4n) is 0.676. The summed E-state index contributed by atoms with van der Waals surface area (Å²) in [5, 5.41) is 0. The van der Waals surface area contributed by atoms with Gasteiger partial charge in [-0.25, -0.2) is 0 Å². The largest absolute Gasteiger partial charge is 0.442 e. The second kappa shape index (κ2) is 5.39. The van der Waals surface area contributed by atoms with Gasteiger partial charge in [-0.2, -0.15) is 26.3 Å². The summed E-state index contributed by atoms with van der Waals surface area (Å²) in [6, 6.07) is 0. The van der Waals surface area contributed by atoms with Crippen molar-refractivity contribution in [3.8, 4) is 0 Å². The first kappa shape index (κ1) is 14.3. The summed E-state index contributed by atoms with van der Waals surface area (Å²) in [5.74, 6) is 0. The highest BCUT2D eigenvalue weighted by Gasteiger charge is 2.39. The van der Waals surface area contributed by atoms with Gasteiger partial charge in [0.1, 0.15) is 0 Å². The Morgan fingerprint density at radius 1 is 0.929 bits per heavy atom. The van der Waals surface area contributed by atoms with Crippen molar-refractivity contribution in [2.45, 2.75) is 35.4 Å². The SMILES string of the molecule is CCCC(SC(F)(F)F)SC(F)(F)F. The lowest BCUT2D eigenvalue weighted by Crippen LogP contribution is -2.14. The van der Waals surface area contributed by atoms with Crippen LogP contribution in [-0.2, 0) is 0 Å². The summed E-state index contributed by atoms with van der Waals surface area (Å²) in [6.45, 7) is 1.54. The zero-order chi connectivity index (χ0) is 11.4. The molecule has 0 aliphatic carbocycles. The van der Waals surface area contributed by atoms with Crippen LogP contribution in [-0.4, -0.2) is 15.6 Å². The van der Waals surface area contributed by atoms with Crippen LogP contribution in [0.15, 0.2) is 0 Å². The molecule has 8 heteroatoms. The average molecular weight is 258 g/mol. The first-order valence-corrected chi connectivity index (χ1v) is 5.39. The summed E-state index contributed by atoms with van der Waals surface area (Å²) >= 11 is -1.21. The van der Waals surface area contributed by atoms with Crippen molar-refractivity contribution in [1.82, 2.24) is 0 Å². The molecule has 0 saturated carbocycles. The predicted octanol–water partition coefficient (Wildman–Crippen LogP) is 4.62. The van der Waals surface area contributed by atoms with Crippen molar-refractivity contribution in [3.63, 3.8) is 0 Å². The van der Waals surface area contributed by atoms with Crippen LogP contribution >= 0.6 is 23.5 Å². The van der Waals surface area contributed by atoms with Gasteiger partial charge in [-0.15, -0.1) is 0 Å². The fourth-order valence-corrected chi connectivity index (χ4v) is 2.83. The third-order valence-corrected chi connectivity index (χ3v) is 3.16. The Bertz CT molecular complexity index is 147. The summed E-state index contributed by atoms with van der Waals surface area (Å²) in [4.78, 5) is 0. The van der Waals surface area contributed by atoms with E-state index in [9.17, 15) is 26.3 Å².